The number of hydrogen-bond donors (Lipinski definition) is 1. The van der Waals surface area contributed by atoms with Crippen molar-refractivity contribution in [3.63, 3.8) is 0 Å². The van der Waals surface area contributed by atoms with E-state index < -0.39 is 0 Å². The van der Waals surface area contributed by atoms with Gasteiger partial charge in [0.2, 0.25) is 5.95 Å². The Bertz CT molecular complexity index is 337. The smallest absolute Gasteiger partial charge is 0.223 e. The molecule has 0 aromatic carbocycles. The first kappa shape index (κ1) is 9.44. The van der Waals surface area contributed by atoms with Crippen LogP contribution >= 0.6 is 0 Å². The van der Waals surface area contributed by atoms with Gasteiger partial charge in [0, 0.05) is 17.9 Å². The molecule has 1 aromatic heterocycles. The molecule has 3 nitrogen and oxygen atoms in total. The standard InChI is InChI=1S/C11H17N3/c1-4-11(3)7-9(11)14-10-12-6-5-8(2)13-10/h5-6,9H,4,7H2,1-3H3,(H,12,13,14). The Kier molecular flexibility index (Phi) is 2.17. The van der Waals surface area contributed by atoms with Gasteiger partial charge in [-0.15, -0.1) is 0 Å². The Hall–Kier alpha value is -1.12. The van der Waals surface area contributed by atoms with Crippen LogP contribution in [-0.2, 0) is 0 Å². The van der Waals surface area contributed by atoms with Crippen molar-refractivity contribution in [3.8, 4) is 0 Å². The summed E-state index contributed by atoms with van der Waals surface area (Å²) in [6, 6.07) is 2.48. The molecule has 1 aliphatic carbocycles. The third kappa shape index (κ3) is 1.72. The molecule has 3 heteroatoms. The number of nitrogens with zero attached hydrogens (tertiary/aromatic N) is 2. The molecule has 1 aromatic rings. The van der Waals surface area contributed by atoms with Gasteiger partial charge in [-0.25, -0.2) is 9.97 Å². The van der Waals surface area contributed by atoms with Crippen molar-refractivity contribution in [3.05, 3.63) is 18.0 Å². The van der Waals surface area contributed by atoms with E-state index in [-0.39, 0.29) is 0 Å². The Morgan fingerprint density at radius 1 is 1.64 bits per heavy atom. The van der Waals surface area contributed by atoms with Crippen LogP contribution in [0.1, 0.15) is 32.4 Å². The summed E-state index contributed by atoms with van der Waals surface area (Å²) in [5.74, 6) is 0.771. The first-order valence-corrected chi connectivity index (χ1v) is 5.20. The average molecular weight is 191 g/mol. The van der Waals surface area contributed by atoms with Gasteiger partial charge in [0.15, 0.2) is 0 Å². The van der Waals surface area contributed by atoms with Gasteiger partial charge in [-0.2, -0.15) is 0 Å². The third-order valence-corrected chi connectivity index (χ3v) is 3.26. The van der Waals surface area contributed by atoms with Crippen molar-refractivity contribution >= 4 is 5.95 Å². The molecule has 2 rings (SSSR count). The largest absolute Gasteiger partial charge is 0.351 e. The van der Waals surface area contributed by atoms with Crippen LogP contribution in [0.2, 0.25) is 0 Å². The zero-order valence-electron chi connectivity index (χ0n) is 9.04. The zero-order chi connectivity index (χ0) is 10.2. The second kappa shape index (κ2) is 3.23. The van der Waals surface area contributed by atoms with Crippen molar-refractivity contribution < 1.29 is 0 Å². The van der Waals surface area contributed by atoms with E-state index in [2.05, 4.69) is 29.1 Å². The molecular formula is C11H17N3. The van der Waals surface area contributed by atoms with Gasteiger partial charge in [-0.05, 0) is 31.2 Å². The van der Waals surface area contributed by atoms with Gasteiger partial charge in [-0.3, -0.25) is 0 Å². The van der Waals surface area contributed by atoms with Gasteiger partial charge in [-0.1, -0.05) is 13.8 Å². The van der Waals surface area contributed by atoms with Crippen LogP contribution in [0.25, 0.3) is 0 Å². The molecule has 14 heavy (non-hydrogen) atoms. The fourth-order valence-corrected chi connectivity index (χ4v) is 1.70. The van der Waals surface area contributed by atoms with Crippen LogP contribution < -0.4 is 5.32 Å². The third-order valence-electron chi connectivity index (χ3n) is 3.26. The monoisotopic (exact) mass is 191 g/mol. The molecular weight excluding hydrogens is 174 g/mol. The summed E-state index contributed by atoms with van der Waals surface area (Å²) in [5.41, 5.74) is 1.48. The molecule has 0 amide bonds. The van der Waals surface area contributed by atoms with Crippen LogP contribution in [0, 0.1) is 12.3 Å². The lowest BCUT2D eigenvalue weighted by molar-refractivity contribution is 0.534. The van der Waals surface area contributed by atoms with E-state index in [1.807, 2.05) is 13.0 Å². The van der Waals surface area contributed by atoms with Gasteiger partial charge in [0.05, 0.1) is 0 Å². The van der Waals surface area contributed by atoms with Crippen molar-refractivity contribution in [1.82, 2.24) is 9.97 Å². The molecule has 0 spiro atoms. The fourth-order valence-electron chi connectivity index (χ4n) is 1.70. The molecule has 1 heterocycles. The number of aryl methyl sites for hydroxylation is 1. The highest BCUT2D eigenvalue weighted by atomic mass is 15.1. The van der Waals surface area contributed by atoms with Gasteiger partial charge in [0.25, 0.3) is 0 Å². The summed E-state index contributed by atoms with van der Waals surface area (Å²) in [7, 11) is 0. The molecule has 1 N–H and O–H groups in total. The highest BCUT2D eigenvalue weighted by Crippen LogP contribution is 2.49. The fraction of sp³-hybridized carbons (Fsp3) is 0.636. The van der Waals surface area contributed by atoms with Crippen LogP contribution in [0.5, 0.6) is 0 Å². The second-order valence-corrected chi connectivity index (χ2v) is 4.43. The normalized spacial score (nSPS) is 30.1. The molecule has 0 aliphatic heterocycles. The number of rotatable bonds is 3. The molecule has 0 radical (unpaired) electrons. The molecule has 76 valence electrons. The van der Waals surface area contributed by atoms with Crippen LogP contribution in [-0.4, -0.2) is 16.0 Å². The number of anilines is 1. The lowest BCUT2D eigenvalue weighted by Gasteiger charge is -2.08. The van der Waals surface area contributed by atoms with E-state index in [1.54, 1.807) is 6.20 Å². The highest BCUT2D eigenvalue weighted by molar-refractivity contribution is 5.31. The summed E-state index contributed by atoms with van der Waals surface area (Å²) in [6.45, 7) is 6.53. The van der Waals surface area contributed by atoms with E-state index in [0.29, 0.717) is 11.5 Å². The molecule has 1 saturated carbocycles. The maximum Gasteiger partial charge on any atom is 0.223 e. The zero-order valence-corrected chi connectivity index (χ0v) is 9.04. The molecule has 1 aliphatic rings. The molecule has 0 bridgehead atoms. The summed E-state index contributed by atoms with van der Waals surface area (Å²) < 4.78 is 0. The first-order chi connectivity index (χ1) is 6.64. The van der Waals surface area contributed by atoms with E-state index in [1.165, 1.54) is 12.8 Å². The molecule has 2 unspecified atom stereocenters. The van der Waals surface area contributed by atoms with E-state index >= 15 is 0 Å². The minimum absolute atomic E-state index is 0.465. The Morgan fingerprint density at radius 2 is 2.43 bits per heavy atom. The van der Waals surface area contributed by atoms with E-state index in [4.69, 9.17) is 0 Å². The topological polar surface area (TPSA) is 37.8 Å². The van der Waals surface area contributed by atoms with Crippen LogP contribution in [0.3, 0.4) is 0 Å². The lowest BCUT2D eigenvalue weighted by atomic mass is 10.1. The summed E-state index contributed by atoms with van der Waals surface area (Å²) in [4.78, 5) is 8.53. The molecule has 1 fully saturated rings. The Balaban J connectivity index is 2.00. The summed E-state index contributed by atoms with van der Waals surface area (Å²) in [5, 5.41) is 3.38. The number of hydrogen-bond acceptors (Lipinski definition) is 3. The predicted octanol–water partition coefficient (Wildman–Crippen LogP) is 2.39. The minimum atomic E-state index is 0.465. The Morgan fingerprint density at radius 3 is 3.00 bits per heavy atom. The average Bonchev–Trinajstić information content (AvgIpc) is 2.78. The first-order valence-electron chi connectivity index (χ1n) is 5.20. The Labute approximate surface area is 85.0 Å². The van der Waals surface area contributed by atoms with Gasteiger partial charge >= 0.3 is 0 Å². The second-order valence-electron chi connectivity index (χ2n) is 4.43. The van der Waals surface area contributed by atoms with Crippen molar-refractivity contribution in [2.75, 3.05) is 5.32 Å². The van der Waals surface area contributed by atoms with E-state index in [0.717, 1.165) is 11.6 Å². The van der Waals surface area contributed by atoms with Crippen LogP contribution in [0.4, 0.5) is 5.95 Å². The minimum Gasteiger partial charge on any atom is -0.351 e. The maximum absolute atomic E-state index is 4.33. The van der Waals surface area contributed by atoms with Crippen LogP contribution in [0.15, 0.2) is 12.3 Å². The summed E-state index contributed by atoms with van der Waals surface area (Å²) in [6.07, 6.45) is 4.26. The lowest BCUT2D eigenvalue weighted by Crippen LogP contribution is -2.12. The quantitative estimate of drug-likeness (QED) is 0.797. The summed E-state index contributed by atoms with van der Waals surface area (Å²) >= 11 is 0. The predicted molar refractivity (Wildman–Crippen MR) is 57.2 cm³/mol. The molecule has 0 saturated heterocycles. The highest BCUT2D eigenvalue weighted by Gasteiger charge is 2.48. The SMILES string of the molecule is CCC1(C)CC1Nc1nccc(C)n1. The van der Waals surface area contributed by atoms with Crippen molar-refractivity contribution in [2.24, 2.45) is 5.41 Å². The van der Waals surface area contributed by atoms with Crippen molar-refractivity contribution in [1.29, 1.82) is 0 Å². The molecule has 2 atom stereocenters. The number of nitrogens with one attached hydrogen (secondary N) is 1. The van der Waals surface area contributed by atoms with Gasteiger partial charge < -0.3 is 5.32 Å². The maximum atomic E-state index is 4.33. The number of aromatic nitrogens is 2. The van der Waals surface area contributed by atoms with E-state index in [9.17, 15) is 0 Å². The van der Waals surface area contributed by atoms with Crippen molar-refractivity contribution in [2.45, 2.75) is 39.7 Å². The van der Waals surface area contributed by atoms with Gasteiger partial charge in [0.1, 0.15) is 0 Å².